The molecule has 3 rings (SSSR count). The summed E-state index contributed by atoms with van der Waals surface area (Å²) < 4.78 is 0. The van der Waals surface area contributed by atoms with E-state index in [1.807, 2.05) is 0 Å². The van der Waals surface area contributed by atoms with Crippen molar-refractivity contribution in [3.63, 3.8) is 0 Å². The lowest BCUT2D eigenvalue weighted by Crippen LogP contribution is -2.22. The van der Waals surface area contributed by atoms with Gasteiger partial charge >= 0.3 is 0 Å². The highest BCUT2D eigenvalue weighted by molar-refractivity contribution is 8.33. The van der Waals surface area contributed by atoms with Crippen LogP contribution in [-0.2, 0) is 0 Å². The van der Waals surface area contributed by atoms with Gasteiger partial charge in [0.25, 0.3) is 0 Å². The predicted molar refractivity (Wildman–Crippen MR) is 98.2 cm³/mol. The third kappa shape index (κ3) is 2.05. The van der Waals surface area contributed by atoms with Crippen molar-refractivity contribution in [3.8, 4) is 0 Å². The van der Waals surface area contributed by atoms with E-state index in [-0.39, 0.29) is 0 Å². The molecule has 0 aromatic heterocycles. The second-order valence-electron chi connectivity index (χ2n) is 6.89. The Morgan fingerprint density at radius 2 is 1.43 bits per heavy atom. The van der Waals surface area contributed by atoms with Crippen LogP contribution in [0.1, 0.15) is 44.1 Å². The zero-order valence-electron chi connectivity index (χ0n) is 14.0. The van der Waals surface area contributed by atoms with Crippen LogP contribution < -0.4 is 0 Å². The summed E-state index contributed by atoms with van der Waals surface area (Å²) in [5.41, 5.74) is 9.19. The second-order valence-corrected chi connectivity index (χ2v) is 10.8. The van der Waals surface area contributed by atoms with E-state index in [2.05, 4.69) is 76.6 Å². The quantitative estimate of drug-likeness (QED) is 0.640. The molecule has 0 N–H and O–H groups in total. The van der Waals surface area contributed by atoms with Crippen LogP contribution in [0.2, 0.25) is 0 Å². The number of benzene rings is 1. The Morgan fingerprint density at radius 1 is 0.857 bits per heavy atom. The van der Waals surface area contributed by atoms with E-state index >= 15 is 0 Å². The molecule has 112 valence electrons. The summed E-state index contributed by atoms with van der Waals surface area (Å²) in [4.78, 5) is 0. The maximum Gasteiger partial charge on any atom is 0.0334 e. The van der Waals surface area contributed by atoms with Crippen LogP contribution >= 0.6 is 10.0 Å². The SMILES string of the molecule is CC1=C(C)C(S(C)(C)C2C=Cc3ccccc32)C(C)=C1C. The van der Waals surface area contributed by atoms with Crippen molar-refractivity contribution in [2.24, 2.45) is 0 Å². The lowest BCUT2D eigenvalue weighted by molar-refractivity contribution is 1.10. The van der Waals surface area contributed by atoms with Crippen molar-refractivity contribution in [3.05, 3.63) is 63.8 Å². The maximum atomic E-state index is 2.52. The molecule has 0 radical (unpaired) electrons. The summed E-state index contributed by atoms with van der Waals surface area (Å²) in [7, 11) is -0.819. The average Bonchev–Trinajstić information content (AvgIpc) is 2.96. The second kappa shape index (κ2) is 4.91. The average molecular weight is 298 g/mol. The van der Waals surface area contributed by atoms with Crippen LogP contribution in [0.3, 0.4) is 0 Å². The molecule has 0 nitrogen and oxygen atoms in total. The van der Waals surface area contributed by atoms with Gasteiger partial charge in [-0.1, -0.05) is 47.6 Å². The molecule has 0 saturated carbocycles. The Morgan fingerprint density at radius 3 is 2.05 bits per heavy atom. The minimum Gasteiger partial charge on any atom is -0.226 e. The highest BCUT2D eigenvalue weighted by Crippen LogP contribution is 2.66. The molecule has 0 bridgehead atoms. The lowest BCUT2D eigenvalue weighted by Gasteiger charge is -2.45. The first-order chi connectivity index (χ1) is 9.85. The standard InChI is InChI=1S/C20H26S/c1-13-14(2)16(4)20(15(13)3)21(5,6)19-12-11-17-9-7-8-10-18(17)19/h7-12,19-20H,1-6H3. The van der Waals surface area contributed by atoms with Crippen molar-refractivity contribution in [1.29, 1.82) is 0 Å². The van der Waals surface area contributed by atoms with E-state index < -0.39 is 10.0 Å². The van der Waals surface area contributed by atoms with Gasteiger partial charge in [0, 0.05) is 10.5 Å². The third-order valence-corrected chi connectivity index (χ3v) is 9.19. The Labute approximate surface area is 131 Å². The molecule has 21 heavy (non-hydrogen) atoms. The summed E-state index contributed by atoms with van der Waals surface area (Å²) in [6, 6.07) is 8.90. The van der Waals surface area contributed by atoms with E-state index in [0.29, 0.717) is 10.5 Å². The van der Waals surface area contributed by atoms with E-state index in [4.69, 9.17) is 0 Å². The number of hydrogen-bond donors (Lipinski definition) is 0. The molecule has 1 atom stereocenters. The third-order valence-electron chi connectivity index (χ3n) is 5.55. The molecule has 0 spiro atoms. The van der Waals surface area contributed by atoms with Crippen molar-refractivity contribution in [1.82, 2.24) is 0 Å². The first-order valence-corrected chi connectivity index (χ1v) is 10.3. The minimum absolute atomic E-state index is 0.585. The molecule has 0 fully saturated rings. The fraction of sp³-hybridized carbons (Fsp3) is 0.400. The molecule has 1 unspecified atom stereocenters. The molecular formula is C20H26S. The topological polar surface area (TPSA) is 0 Å². The summed E-state index contributed by atoms with van der Waals surface area (Å²) in [5, 5.41) is 1.22. The van der Waals surface area contributed by atoms with Gasteiger partial charge in [-0.3, -0.25) is 0 Å². The van der Waals surface area contributed by atoms with Crippen LogP contribution in [0.4, 0.5) is 0 Å². The van der Waals surface area contributed by atoms with Crippen molar-refractivity contribution >= 4 is 16.1 Å². The predicted octanol–water partition coefficient (Wildman–Crippen LogP) is 5.87. The van der Waals surface area contributed by atoms with Crippen LogP contribution in [0.15, 0.2) is 52.6 Å². The molecule has 1 heteroatoms. The number of fused-ring (bicyclic) bond motifs is 1. The van der Waals surface area contributed by atoms with Crippen LogP contribution in [-0.4, -0.2) is 17.8 Å². The van der Waals surface area contributed by atoms with E-state index in [1.165, 1.54) is 22.3 Å². The molecule has 1 aromatic carbocycles. The zero-order chi connectivity index (χ0) is 15.4. The van der Waals surface area contributed by atoms with Gasteiger partial charge in [0.05, 0.1) is 0 Å². The molecular weight excluding hydrogens is 272 g/mol. The summed E-state index contributed by atoms with van der Waals surface area (Å²) in [5.74, 6) is 0. The van der Waals surface area contributed by atoms with Crippen molar-refractivity contribution < 1.29 is 0 Å². The normalized spacial score (nSPS) is 23.2. The molecule has 0 heterocycles. The van der Waals surface area contributed by atoms with Crippen molar-refractivity contribution in [2.45, 2.75) is 38.2 Å². The van der Waals surface area contributed by atoms with Crippen molar-refractivity contribution in [2.75, 3.05) is 12.5 Å². The molecule has 2 aliphatic rings. The number of hydrogen-bond acceptors (Lipinski definition) is 0. The van der Waals surface area contributed by atoms with Gasteiger partial charge in [-0.05, 0) is 62.5 Å². The smallest absolute Gasteiger partial charge is 0.0334 e. The minimum atomic E-state index is -0.819. The first kappa shape index (κ1) is 14.7. The Bertz CT molecular complexity index is 662. The highest BCUT2D eigenvalue weighted by Gasteiger charge is 2.39. The molecule has 2 aliphatic carbocycles. The summed E-state index contributed by atoms with van der Waals surface area (Å²) in [6.07, 6.45) is 9.81. The van der Waals surface area contributed by atoms with Gasteiger partial charge in [-0.15, -0.1) is 0 Å². The van der Waals surface area contributed by atoms with Gasteiger partial charge in [-0.25, -0.2) is 10.0 Å². The molecule has 1 aromatic rings. The summed E-state index contributed by atoms with van der Waals surface area (Å²) in [6.45, 7) is 9.28. The monoisotopic (exact) mass is 298 g/mol. The number of rotatable bonds is 2. The largest absolute Gasteiger partial charge is 0.226 e. The van der Waals surface area contributed by atoms with Crippen LogP contribution in [0.25, 0.3) is 6.08 Å². The fourth-order valence-corrected chi connectivity index (χ4v) is 7.94. The van der Waals surface area contributed by atoms with Gasteiger partial charge in [-0.2, -0.15) is 0 Å². The van der Waals surface area contributed by atoms with E-state index in [1.54, 1.807) is 11.1 Å². The first-order valence-electron chi connectivity index (χ1n) is 7.69. The summed E-state index contributed by atoms with van der Waals surface area (Å²) >= 11 is 0. The Balaban J connectivity index is 2.06. The molecule has 0 saturated heterocycles. The van der Waals surface area contributed by atoms with Gasteiger partial charge < -0.3 is 0 Å². The zero-order valence-corrected chi connectivity index (χ0v) is 14.8. The van der Waals surface area contributed by atoms with E-state index in [0.717, 1.165) is 0 Å². The molecule has 0 aliphatic heterocycles. The van der Waals surface area contributed by atoms with Gasteiger partial charge in [0.2, 0.25) is 0 Å². The fourth-order valence-electron chi connectivity index (χ4n) is 4.11. The lowest BCUT2D eigenvalue weighted by atomic mass is 10.1. The highest BCUT2D eigenvalue weighted by atomic mass is 32.3. The van der Waals surface area contributed by atoms with Crippen LogP contribution in [0.5, 0.6) is 0 Å². The van der Waals surface area contributed by atoms with Crippen LogP contribution in [0, 0.1) is 0 Å². The van der Waals surface area contributed by atoms with E-state index in [9.17, 15) is 0 Å². The molecule has 0 amide bonds. The maximum absolute atomic E-state index is 2.52. The van der Waals surface area contributed by atoms with Gasteiger partial charge in [0.1, 0.15) is 0 Å². The Kier molecular flexibility index (Phi) is 3.44. The number of allylic oxidation sites excluding steroid dienone is 2. The van der Waals surface area contributed by atoms with Gasteiger partial charge in [0.15, 0.2) is 0 Å². The Hall–Kier alpha value is -1.21.